The lowest BCUT2D eigenvalue weighted by molar-refractivity contribution is -0.111. The second-order valence-corrected chi connectivity index (χ2v) is 8.23. The number of amides is 1. The lowest BCUT2D eigenvalue weighted by Crippen LogP contribution is -2.45. The molecular formula is C28H31N3O3. The SMILES string of the molecule is COc1ccc(OC)c(/C=C/C(=O)Nc2ccc(N3CCN(Cc4ccccc4)CC3)cc2)c1. The van der Waals surface area contributed by atoms with Crippen molar-refractivity contribution < 1.29 is 14.3 Å². The van der Waals surface area contributed by atoms with E-state index in [1.807, 2.05) is 30.3 Å². The Kier molecular flexibility index (Phi) is 7.83. The molecule has 0 spiro atoms. The van der Waals surface area contributed by atoms with Gasteiger partial charge in [0, 0.05) is 55.7 Å². The van der Waals surface area contributed by atoms with E-state index in [2.05, 4.69) is 57.6 Å². The Morgan fingerprint density at radius 1 is 0.912 bits per heavy atom. The normalized spacial score (nSPS) is 14.2. The van der Waals surface area contributed by atoms with E-state index in [-0.39, 0.29) is 5.91 Å². The summed E-state index contributed by atoms with van der Waals surface area (Å²) in [6, 6.07) is 24.1. The van der Waals surface area contributed by atoms with Gasteiger partial charge in [-0.15, -0.1) is 0 Å². The number of hydrogen-bond donors (Lipinski definition) is 1. The van der Waals surface area contributed by atoms with Crippen molar-refractivity contribution >= 4 is 23.4 Å². The third kappa shape index (κ3) is 6.17. The van der Waals surface area contributed by atoms with Crippen molar-refractivity contribution in [3.05, 3.63) is 90.0 Å². The van der Waals surface area contributed by atoms with Crippen LogP contribution in [-0.2, 0) is 11.3 Å². The smallest absolute Gasteiger partial charge is 0.248 e. The van der Waals surface area contributed by atoms with Gasteiger partial charge in [0.2, 0.25) is 5.91 Å². The highest BCUT2D eigenvalue weighted by molar-refractivity contribution is 6.02. The Balaban J connectivity index is 1.29. The van der Waals surface area contributed by atoms with Crippen LogP contribution < -0.4 is 19.7 Å². The third-order valence-corrected chi connectivity index (χ3v) is 5.97. The largest absolute Gasteiger partial charge is 0.497 e. The van der Waals surface area contributed by atoms with Crippen LogP contribution in [0.4, 0.5) is 11.4 Å². The molecule has 0 radical (unpaired) electrons. The first kappa shape index (κ1) is 23.4. The van der Waals surface area contributed by atoms with E-state index >= 15 is 0 Å². The Hall–Kier alpha value is -3.77. The van der Waals surface area contributed by atoms with Crippen molar-refractivity contribution in [2.75, 3.05) is 50.6 Å². The summed E-state index contributed by atoms with van der Waals surface area (Å²) in [6.45, 7) is 5.04. The zero-order chi connectivity index (χ0) is 23.8. The van der Waals surface area contributed by atoms with Gasteiger partial charge < -0.3 is 19.7 Å². The van der Waals surface area contributed by atoms with Crippen LogP contribution in [0, 0.1) is 0 Å². The monoisotopic (exact) mass is 457 g/mol. The Morgan fingerprint density at radius 2 is 1.65 bits per heavy atom. The highest BCUT2D eigenvalue weighted by Crippen LogP contribution is 2.25. The molecule has 0 saturated carbocycles. The molecule has 1 saturated heterocycles. The maximum Gasteiger partial charge on any atom is 0.248 e. The summed E-state index contributed by atoms with van der Waals surface area (Å²) in [5.41, 5.74) is 4.07. The number of piperazine rings is 1. The van der Waals surface area contributed by atoms with E-state index in [0.717, 1.165) is 44.0 Å². The molecule has 6 heteroatoms. The zero-order valence-corrected chi connectivity index (χ0v) is 19.7. The molecule has 3 aromatic carbocycles. The fraction of sp³-hybridized carbons (Fsp3) is 0.250. The summed E-state index contributed by atoms with van der Waals surface area (Å²) in [6.07, 6.45) is 3.22. The van der Waals surface area contributed by atoms with E-state index in [1.54, 1.807) is 20.3 Å². The molecule has 1 amide bonds. The number of benzene rings is 3. The van der Waals surface area contributed by atoms with Gasteiger partial charge in [0.05, 0.1) is 14.2 Å². The Bertz CT molecular complexity index is 1110. The summed E-state index contributed by atoms with van der Waals surface area (Å²) in [5, 5.41) is 2.92. The van der Waals surface area contributed by atoms with Crippen LogP contribution in [0.25, 0.3) is 6.08 Å². The number of ether oxygens (including phenoxy) is 2. The van der Waals surface area contributed by atoms with Crippen LogP contribution in [0.3, 0.4) is 0 Å². The van der Waals surface area contributed by atoms with Crippen molar-refractivity contribution in [2.45, 2.75) is 6.54 Å². The zero-order valence-electron chi connectivity index (χ0n) is 19.7. The molecule has 0 atom stereocenters. The van der Waals surface area contributed by atoms with Gasteiger partial charge in [0.1, 0.15) is 11.5 Å². The van der Waals surface area contributed by atoms with Crippen molar-refractivity contribution in [3.8, 4) is 11.5 Å². The first-order chi connectivity index (χ1) is 16.6. The van der Waals surface area contributed by atoms with Crippen LogP contribution in [-0.4, -0.2) is 51.2 Å². The number of carbonyl (C=O) groups excluding carboxylic acids is 1. The molecule has 0 unspecified atom stereocenters. The van der Waals surface area contributed by atoms with Crippen molar-refractivity contribution in [1.82, 2.24) is 4.90 Å². The number of nitrogens with one attached hydrogen (secondary N) is 1. The van der Waals surface area contributed by atoms with Crippen LogP contribution in [0.1, 0.15) is 11.1 Å². The lowest BCUT2D eigenvalue weighted by Gasteiger charge is -2.36. The maximum atomic E-state index is 12.4. The average molecular weight is 458 g/mol. The second-order valence-electron chi connectivity index (χ2n) is 8.23. The molecule has 1 aliphatic heterocycles. The van der Waals surface area contributed by atoms with Crippen LogP contribution in [0.15, 0.2) is 78.9 Å². The number of methoxy groups -OCH3 is 2. The number of rotatable bonds is 8. The fourth-order valence-corrected chi connectivity index (χ4v) is 4.08. The van der Waals surface area contributed by atoms with Gasteiger partial charge in [-0.2, -0.15) is 0 Å². The summed E-state index contributed by atoms with van der Waals surface area (Å²) in [7, 11) is 3.21. The molecular weight excluding hydrogens is 426 g/mol. The Morgan fingerprint density at radius 3 is 2.32 bits per heavy atom. The third-order valence-electron chi connectivity index (χ3n) is 5.97. The van der Waals surface area contributed by atoms with E-state index in [9.17, 15) is 4.79 Å². The minimum Gasteiger partial charge on any atom is -0.497 e. The van der Waals surface area contributed by atoms with Gasteiger partial charge >= 0.3 is 0 Å². The number of carbonyl (C=O) groups is 1. The molecule has 0 aliphatic carbocycles. The van der Waals surface area contributed by atoms with Crippen molar-refractivity contribution in [2.24, 2.45) is 0 Å². The molecule has 1 N–H and O–H groups in total. The van der Waals surface area contributed by atoms with Crippen LogP contribution >= 0.6 is 0 Å². The first-order valence-electron chi connectivity index (χ1n) is 11.5. The minimum atomic E-state index is -0.202. The van der Waals surface area contributed by atoms with Gasteiger partial charge in [-0.1, -0.05) is 30.3 Å². The van der Waals surface area contributed by atoms with Gasteiger partial charge in [-0.05, 0) is 54.1 Å². The topological polar surface area (TPSA) is 54.0 Å². The fourth-order valence-electron chi connectivity index (χ4n) is 4.08. The van der Waals surface area contributed by atoms with Gasteiger partial charge in [-0.3, -0.25) is 9.69 Å². The van der Waals surface area contributed by atoms with Gasteiger partial charge in [0.25, 0.3) is 0 Å². The van der Waals surface area contributed by atoms with E-state index in [4.69, 9.17) is 9.47 Å². The van der Waals surface area contributed by atoms with E-state index in [1.165, 1.54) is 17.3 Å². The maximum absolute atomic E-state index is 12.4. The molecule has 0 bridgehead atoms. The summed E-state index contributed by atoms with van der Waals surface area (Å²) in [5.74, 6) is 1.18. The van der Waals surface area contributed by atoms with Crippen LogP contribution in [0.5, 0.6) is 11.5 Å². The summed E-state index contributed by atoms with van der Waals surface area (Å²) < 4.78 is 10.6. The molecule has 1 heterocycles. The standard InChI is InChI=1S/C28H31N3O3/c1-33-26-13-14-27(34-2)23(20-26)8-15-28(32)29-24-9-11-25(12-10-24)31-18-16-30(17-19-31)21-22-6-4-3-5-7-22/h3-15,20H,16-19,21H2,1-2H3,(H,29,32)/b15-8+. The highest BCUT2D eigenvalue weighted by atomic mass is 16.5. The first-order valence-corrected chi connectivity index (χ1v) is 11.5. The minimum absolute atomic E-state index is 0.202. The molecule has 1 fully saturated rings. The highest BCUT2D eigenvalue weighted by Gasteiger charge is 2.17. The molecule has 34 heavy (non-hydrogen) atoms. The molecule has 1 aliphatic rings. The number of anilines is 2. The number of nitrogens with zero attached hydrogens (tertiary/aromatic N) is 2. The lowest BCUT2D eigenvalue weighted by atomic mass is 10.1. The van der Waals surface area contributed by atoms with E-state index in [0.29, 0.717) is 11.5 Å². The van der Waals surface area contributed by atoms with E-state index < -0.39 is 0 Å². The van der Waals surface area contributed by atoms with Crippen molar-refractivity contribution in [1.29, 1.82) is 0 Å². The molecule has 176 valence electrons. The van der Waals surface area contributed by atoms with Crippen LogP contribution in [0.2, 0.25) is 0 Å². The predicted molar refractivity (Wildman–Crippen MR) is 138 cm³/mol. The van der Waals surface area contributed by atoms with Crippen molar-refractivity contribution in [3.63, 3.8) is 0 Å². The molecule has 4 rings (SSSR count). The second kappa shape index (κ2) is 11.4. The number of hydrogen-bond acceptors (Lipinski definition) is 5. The Labute approximate surface area is 201 Å². The van der Waals surface area contributed by atoms with Gasteiger partial charge in [0.15, 0.2) is 0 Å². The molecule has 3 aromatic rings. The summed E-state index contributed by atoms with van der Waals surface area (Å²) >= 11 is 0. The molecule has 6 nitrogen and oxygen atoms in total. The average Bonchev–Trinajstić information content (AvgIpc) is 2.89. The van der Waals surface area contributed by atoms with Gasteiger partial charge in [-0.25, -0.2) is 0 Å². The summed E-state index contributed by atoms with van der Waals surface area (Å²) in [4.78, 5) is 17.3. The quantitative estimate of drug-likeness (QED) is 0.498. The molecule has 0 aromatic heterocycles. The predicted octanol–water partition coefficient (Wildman–Crippen LogP) is 4.68.